The normalized spacial score (nSPS) is 21.9. The zero-order valence-electron chi connectivity index (χ0n) is 13.0. The molecular formula is C17H34. The molecule has 0 saturated heterocycles. The van der Waals surface area contributed by atoms with Gasteiger partial charge in [-0.25, -0.2) is 0 Å². The monoisotopic (exact) mass is 238 g/mol. The molecule has 0 heterocycles. The molecule has 1 saturated carbocycles. The van der Waals surface area contributed by atoms with E-state index in [4.69, 9.17) is 0 Å². The van der Waals surface area contributed by atoms with Gasteiger partial charge in [-0.05, 0) is 54.8 Å². The van der Waals surface area contributed by atoms with Crippen LogP contribution in [0.3, 0.4) is 0 Å². The van der Waals surface area contributed by atoms with Crippen LogP contribution in [0.25, 0.3) is 0 Å². The summed E-state index contributed by atoms with van der Waals surface area (Å²) in [5.41, 5.74) is 0. The fraction of sp³-hybridized carbons (Fsp3) is 1.00. The van der Waals surface area contributed by atoms with E-state index in [1.807, 2.05) is 0 Å². The van der Waals surface area contributed by atoms with Gasteiger partial charge >= 0.3 is 0 Å². The van der Waals surface area contributed by atoms with E-state index in [1.54, 1.807) is 0 Å². The second-order valence-corrected chi connectivity index (χ2v) is 7.13. The molecule has 0 radical (unpaired) electrons. The van der Waals surface area contributed by atoms with Crippen molar-refractivity contribution in [2.24, 2.45) is 35.5 Å². The average molecular weight is 238 g/mol. The van der Waals surface area contributed by atoms with E-state index in [0.717, 1.165) is 35.5 Å². The maximum Gasteiger partial charge on any atom is -0.0355 e. The lowest BCUT2D eigenvalue weighted by Crippen LogP contribution is -2.24. The summed E-state index contributed by atoms with van der Waals surface area (Å²) in [6.07, 6.45) is 7.31. The van der Waals surface area contributed by atoms with Crippen molar-refractivity contribution >= 4 is 0 Å². The minimum absolute atomic E-state index is 0.857. The standard InChI is InChI=1S/C17H34/c1-7-8-16(13(4)5)11-17(15-9-10-15)14(6)12(2)3/h12-17H,7-11H2,1-6H3. The molecule has 1 rings (SSSR count). The Hall–Kier alpha value is 0. The topological polar surface area (TPSA) is 0 Å². The Morgan fingerprint density at radius 2 is 1.53 bits per heavy atom. The maximum atomic E-state index is 2.50. The molecule has 0 heteroatoms. The van der Waals surface area contributed by atoms with Crippen LogP contribution in [0, 0.1) is 35.5 Å². The van der Waals surface area contributed by atoms with Gasteiger partial charge < -0.3 is 0 Å². The summed E-state index contributed by atoms with van der Waals surface area (Å²) in [5, 5.41) is 0. The van der Waals surface area contributed by atoms with Gasteiger partial charge in [0.05, 0.1) is 0 Å². The van der Waals surface area contributed by atoms with Gasteiger partial charge in [0.25, 0.3) is 0 Å². The molecular weight excluding hydrogens is 204 g/mol. The minimum atomic E-state index is 0.857. The van der Waals surface area contributed by atoms with Gasteiger partial charge in [0, 0.05) is 0 Å². The maximum absolute atomic E-state index is 2.50. The van der Waals surface area contributed by atoms with E-state index in [-0.39, 0.29) is 0 Å². The third kappa shape index (κ3) is 4.64. The highest BCUT2D eigenvalue weighted by Crippen LogP contribution is 2.46. The van der Waals surface area contributed by atoms with Crippen molar-refractivity contribution < 1.29 is 0 Å². The summed E-state index contributed by atoms with van der Waals surface area (Å²) in [5.74, 6) is 5.69. The lowest BCUT2D eigenvalue weighted by atomic mass is 9.73. The van der Waals surface area contributed by atoms with E-state index >= 15 is 0 Å². The molecule has 17 heavy (non-hydrogen) atoms. The number of hydrogen-bond donors (Lipinski definition) is 0. The van der Waals surface area contributed by atoms with Gasteiger partial charge in [0.1, 0.15) is 0 Å². The van der Waals surface area contributed by atoms with E-state index in [1.165, 1.54) is 32.1 Å². The molecule has 1 aliphatic rings. The summed E-state index contributed by atoms with van der Waals surface area (Å²) in [6, 6.07) is 0. The third-order valence-corrected chi connectivity index (χ3v) is 5.13. The van der Waals surface area contributed by atoms with Gasteiger partial charge in [-0.1, -0.05) is 54.4 Å². The van der Waals surface area contributed by atoms with Crippen molar-refractivity contribution in [3.8, 4) is 0 Å². The highest BCUT2D eigenvalue weighted by Gasteiger charge is 2.37. The smallest absolute Gasteiger partial charge is 0.0355 e. The van der Waals surface area contributed by atoms with Crippen LogP contribution < -0.4 is 0 Å². The predicted octanol–water partition coefficient (Wildman–Crippen LogP) is 5.77. The minimum Gasteiger partial charge on any atom is -0.0654 e. The first-order valence-corrected chi connectivity index (χ1v) is 7.97. The van der Waals surface area contributed by atoms with Crippen LogP contribution in [0.5, 0.6) is 0 Å². The Kier molecular flexibility index (Phi) is 6.03. The molecule has 0 aromatic rings. The lowest BCUT2D eigenvalue weighted by molar-refractivity contribution is 0.176. The molecule has 3 atom stereocenters. The molecule has 0 aliphatic heterocycles. The van der Waals surface area contributed by atoms with Crippen LogP contribution in [-0.4, -0.2) is 0 Å². The molecule has 0 amide bonds. The van der Waals surface area contributed by atoms with Crippen LogP contribution in [0.4, 0.5) is 0 Å². The van der Waals surface area contributed by atoms with Crippen molar-refractivity contribution in [2.75, 3.05) is 0 Å². The Labute approximate surface area is 110 Å². The lowest BCUT2D eigenvalue weighted by Gasteiger charge is -2.32. The van der Waals surface area contributed by atoms with Gasteiger partial charge in [0.2, 0.25) is 0 Å². The molecule has 0 spiro atoms. The van der Waals surface area contributed by atoms with Crippen LogP contribution in [0.15, 0.2) is 0 Å². The van der Waals surface area contributed by atoms with Crippen molar-refractivity contribution in [3.63, 3.8) is 0 Å². The first-order valence-electron chi connectivity index (χ1n) is 7.97. The van der Waals surface area contributed by atoms with E-state index < -0.39 is 0 Å². The van der Waals surface area contributed by atoms with E-state index in [0.29, 0.717) is 0 Å². The molecule has 0 aromatic carbocycles. The average Bonchev–Trinajstić information content (AvgIpc) is 3.06. The zero-order valence-corrected chi connectivity index (χ0v) is 13.0. The van der Waals surface area contributed by atoms with E-state index in [9.17, 15) is 0 Å². The van der Waals surface area contributed by atoms with Gasteiger partial charge in [-0.2, -0.15) is 0 Å². The van der Waals surface area contributed by atoms with Crippen LogP contribution in [0.2, 0.25) is 0 Å². The third-order valence-electron chi connectivity index (χ3n) is 5.13. The fourth-order valence-electron chi connectivity index (χ4n) is 3.30. The Morgan fingerprint density at radius 3 is 1.88 bits per heavy atom. The molecule has 0 aromatic heterocycles. The summed E-state index contributed by atoms with van der Waals surface area (Å²) in [6.45, 7) is 14.5. The van der Waals surface area contributed by atoms with Crippen LogP contribution in [0.1, 0.15) is 73.6 Å². The Bertz CT molecular complexity index is 200. The van der Waals surface area contributed by atoms with Crippen molar-refractivity contribution in [1.82, 2.24) is 0 Å². The van der Waals surface area contributed by atoms with Crippen molar-refractivity contribution in [1.29, 1.82) is 0 Å². The van der Waals surface area contributed by atoms with Gasteiger partial charge in [-0.15, -0.1) is 0 Å². The van der Waals surface area contributed by atoms with Gasteiger partial charge in [-0.3, -0.25) is 0 Å². The van der Waals surface area contributed by atoms with Crippen LogP contribution >= 0.6 is 0 Å². The summed E-state index contributed by atoms with van der Waals surface area (Å²) in [7, 11) is 0. The quantitative estimate of drug-likeness (QED) is 0.504. The first-order chi connectivity index (χ1) is 7.97. The van der Waals surface area contributed by atoms with E-state index in [2.05, 4.69) is 41.5 Å². The highest BCUT2D eigenvalue weighted by atomic mass is 14.4. The summed E-state index contributed by atoms with van der Waals surface area (Å²) >= 11 is 0. The summed E-state index contributed by atoms with van der Waals surface area (Å²) < 4.78 is 0. The van der Waals surface area contributed by atoms with Gasteiger partial charge in [0.15, 0.2) is 0 Å². The highest BCUT2D eigenvalue weighted by molar-refractivity contribution is 4.87. The molecule has 102 valence electrons. The molecule has 1 aliphatic carbocycles. The number of rotatable bonds is 8. The summed E-state index contributed by atoms with van der Waals surface area (Å²) in [4.78, 5) is 0. The SMILES string of the molecule is CCCC(CC(C1CC1)C(C)C(C)C)C(C)C. The largest absolute Gasteiger partial charge is 0.0654 e. The molecule has 0 bridgehead atoms. The van der Waals surface area contributed by atoms with Crippen molar-refractivity contribution in [3.05, 3.63) is 0 Å². The van der Waals surface area contributed by atoms with Crippen LogP contribution in [-0.2, 0) is 0 Å². The zero-order chi connectivity index (χ0) is 13.0. The fourth-order valence-corrected chi connectivity index (χ4v) is 3.30. The second kappa shape index (κ2) is 6.81. The Balaban J connectivity index is 2.57. The first kappa shape index (κ1) is 15.1. The number of hydrogen-bond acceptors (Lipinski definition) is 0. The second-order valence-electron chi connectivity index (χ2n) is 7.13. The Morgan fingerprint density at radius 1 is 0.941 bits per heavy atom. The molecule has 0 N–H and O–H groups in total. The molecule has 0 nitrogen and oxygen atoms in total. The molecule has 1 fully saturated rings. The predicted molar refractivity (Wildman–Crippen MR) is 78.1 cm³/mol. The molecule has 3 unspecified atom stereocenters. The van der Waals surface area contributed by atoms with Crippen molar-refractivity contribution in [2.45, 2.75) is 73.6 Å².